The van der Waals surface area contributed by atoms with Crippen LogP contribution in [-0.2, 0) is 9.53 Å². The Balaban J connectivity index is 0.000000345. The number of piperidine rings is 1. The molecule has 158 valence electrons. The van der Waals surface area contributed by atoms with E-state index in [-0.39, 0.29) is 17.6 Å². The van der Waals surface area contributed by atoms with Gasteiger partial charge in [-0.3, -0.25) is 4.79 Å². The molecule has 2 N–H and O–H groups in total. The fourth-order valence-electron chi connectivity index (χ4n) is 3.40. The summed E-state index contributed by atoms with van der Waals surface area (Å²) in [6.07, 6.45) is -1.97. The van der Waals surface area contributed by atoms with E-state index in [1.807, 2.05) is 17.5 Å². The number of alkyl halides is 3. The van der Waals surface area contributed by atoms with Crippen LogP contribution >= 0.6 is 11.3 Å². The first-order valence-electron chi connectivity index (χ1n) is 9.05. The number of halogens is 3. The zero-order chi connectivity index (χ0) is 20.9. The zero-order valence-electron chi connectivity index (χ0n) is 15.8. The summed E-state index contributed by atoms with van der Waals surface area (Å²) in [6.45, 7) is 7.35. The average Bonchev–Trinajstić information content (AvgIpc) is 3.26. The summed E-state index contributed by atoms with van der Waals surface area (Å²) in [5.74, 6) is -2.72. The highest BCUT2D eigenvalue weighted by molar-refractivity contribution is 7.12. The van der Waals surface area contributed by atoms with Gasteiger partial charge in [-0.15, -0.1) is 11.3 Å². The summed E-state index contributed by atoms with van der Waals surface area (Å²) in [4.78, 5) is 24.3. The van der Waals surface area contributed by atoms with Gasteiger partial charge in [0.2, 0.25) is 0 Å². The second kappa shape index (κ2) is 9.23. The van der Waals surface area contributed by atoms with Gasteiger partial charge in [-0.1, -0.05) is 6.07 Å². The van der Waals surface area contributed by atoms with Crippen molar-refractivity contribution in [2.45, 2.75) is 57.0 Å². The van der Waals surface area contributed by atoms with Gasteiger partial charge in [-0.2, -0.15) is 13.2 Å². The SMILES string of the molecule is CC(C)N1CCC2(CC1)CC(NC(=O)c1cccs1)CO2.O=C(O)C(F)(F)F. The van der Waals surface area contributed by atoms with E-state index in [0.29, 0.717) is 12.6 Å². The molecule has 6 nitrogen and oxygen atoms in total. The Morgan fingerprint density at radius 1 is 1.36 bits per heavy atom. The number of nitrogens with one attached hydrogen (secondary N) is 1. The maximum Gasteiger partial charge on any atom is 0.490 e. The molecule has 0 radical (unpaired) electrons. The molecule has 1 amide bonds. The fraction of sp³-hybridized carbons (Fsp3) is 0.667. The molecule has 28 heavy (non-hydrogen) atoms. The Morgan fingerprint density at radius 2 is 1.96 bits per heavy atom. The van der Waals surface area contributed by atoms with E-state index in [9.17, 15) is 18.0 Å². The van der Waals surface area contributed by atoms with Crippen LogP contribution in [0.15, 0.2) is 17.5 Å². The van der Waals surface area contributed by atoms with Crippen molar-refractivity contribution in [2.24, 2.45) is 0 Å². The van der Waals surface area contributed by atoms with Gasteiger partial charge in [0.05, 0.1) is 23.1 Å². The standard InChI is InChI=1S/C16H24N2O2S.C2HF3O2/c1-12(2)18-7-5-16(6-8-18)10-13(11-20-16)17-15(19)14-4-3-9-21-14;3-2(4,5)1(6)7/h3-4,9,12-13H,5-8,10-11H2,1-2H3,(H,17,19);(H,6,7). The quantitative estimate of drug-likeness (QED) is 0.783. The number of nitrogens with zero attached hydrogens (tertiary/aromatic N) is 1. The smallest absolute Gasteiger partial charge is 0.475 e. The first-order valence-corrected chi connectivity index (χ1v) is 9.93. The molecule has 2 fully saturated rings. The highest BCUT2D eigenvalue weighted by Crippen LogP contribution is 2.36. The summed E-state index contributed by atoms with van der Waals surface area (Å²) in [7, 11) is 0. The molecule has 3 heterocycles. The molecule has 2 saturated heterocycles. The van der Waals surface area contributed by atoms with Crippen molar-refractivity contribution in [3.8, 4) is 0 Å². The maximum atomic E-state index is 12.1. The third kappa shape index (κ3) is 6.18. The molecule has 3 rings (SSSR count). The molecule has 1 aromatic rings. The van der Waals surface area contributed by atoms with Crippen LogP contribution in [0.2, 0.25) is 0 Å². The largest absolute Gasteiger partial charge is 0.490 e. The number of thiophene rings is 1. The topological polar surface area (TPSA) is 78.9 Å². The second-order valence-corrected chi connectivity index (χ2v) is 8.23. The van der Waals surface area contributed by atoms with Crippen LogP contribution in [0.5, 0.6) is 0 Å². The third-order valence-electron chi connectivity index (χ3n) is 4.97. The van der Waals surface area contributed by atoms with E-state index >= 15 is 0 Å². The van der Waals surface area contributed by atoms with Gasteiger partial charge >= 0.3 is 12.1 Å². The lowest BCUT2D eigenvalue weighted by Gasteiger charge is -2.40. The lowest BCUT2D eigenvalue weighted by Crippen LogP contribution is -2.47. The van der Waals surface area contributed by atoms with Crippen LogP contribution in [0.25, 0.3) is 0 Å². The minimum Gasteiger partial charge on any atom is -0.475 e. The van der Waals surface area contributed by atoms with Crippen LogP contribution in [0.3, 0.4) is 0 Å². The number of ether oxygens (including phenoxy) is 1. The minimum atomic E-state index is -5.08. The lowest BCUT2D eigenvalue weighted by molar-refractivity contribution is -0.192. The molecular weight excluding hydrogens is 397 g/mol. The van der Waals surface area contributed by atoms with Gasteiger partial charge in [0, 0.05) is 19.1 Å². The Hall–Kier alpha value is -1.65. The fourth-order valence-corrected chi connectivity index (χ4v) is 4.02. The van der Waals surface area contributed by atoms with E-state index in [2.05, 4.69) is 24.1 Å². The molecule has 1 atom stereocenters. The van der Waals surface area contributed by atoms with Crippen molar-refractivity contribution in [1.82, 2.24) is 10.2 Å². The summed E-state index contributed by atoms with van der Waals surface area (Å²) in [5, 5.41) is 12.2. The van der Waals surface area contributed by atoms with E-state index in [1.165, 1.54) is 11.3 Å². The molecule has 1 unspecified atom stereocenters. The highest BCUT2D eigenvalue weighted by Gasteiger charge is 2.43. The van der Waals surface area contributed by atoms with Crippen molar-refractivity contribution >= 4 is 23.2 Å². The second-order valence-electron chi connectivity index (χ2n) is 7.28. The minimum absolute atomic E-state index is 0.00120. The number of hydrogen-bond acceptors (Lipinski definition) is 5. The van der Waals surface area contributed by atoms with Crippen molar-refractivity contribution in [1.29, 1.82) is 0 Å². The first-order chi connectivity index (χ1) is 13.0. The molecule has 0 aromatic carbocycles. The molecule has 10 heteroatoms. The number of carbonyl (C=O) groups excluding carboxylic acids is 1. The predicted molar refractivity (Wildman–Crippen MR) is 98.5 cm³/mol. The number of likely N-dealkylation sites (tertiary alicyclic amines) is 1. The molecular formula is C18H25F3N2O4S. The molecule has 0 aliphatic carbocycles. The van der Waals surface area contributed by atoms with Crippen LogP contribution in [0.4, 0.5) is 13.2 Å². The van der Waals surface area contributed by atoms with Crippen LogP contribution < -0.4 is 5.32 Å². The predicted octanol–water partition coefficient (Wildman–Crippen LogP) is 3.14. The molecule has 2 aliphatic heterocycles. The van der Waals surface area contributed by atoms with Gasteiger partial charge in [0.15, 0.2) is 0 Å². The zero-order valence-corrected chi connectivity index (χ0v) is 16.6. The van der Waals surface area contributed by atoms with Crippen LogP contribution in [0.1, 0.15) is 42.8 Å². The monoisotopic (exact) mass is 422 g/mol. The lowest BCUT2D eigenvalue weighted by atomic mass is 9.87. The van der Waals surface area contributed by atoms with Crippen molar-refractivity contribution in [3.63, 3.8) is 0 Å². The van der Waals surface area contributed by atoms with Crippen molar-refractivity contribution < 1.29 is 32.6 Å². The Labute approximate surface area is 165 Å². The number of carboxylic acids is 1. The molecule has 0 saturated carbocycles. The summed E-state index contributed by atoms with van der Waals surface area (Å²) >= 11 is 1.49. The molecule has 0 bridgehead atoms. The molecule has 1 spiro atoms. The summed E-state index contributed by atoms with van der Waals surface area (Å²) in [6, 6.07) is 4.55. The van der Waals surface area contributed by atoms with E-state index in [1.54, 1.807) is 0 Å². The number of carboxylic acid groups (broad SMARTS) is 1. The Kier molecular flexibility index (Phi) is 7.46. The molecule has 2 aliphatic rings. The number of amides is 1. The summed E-state index contributed by atoms with van der Waals surface area (Å²) in [5.41, 5.74) is -0.00120. The Morgan fingerprint density at radius 3 is 2.43 bits per heavy atom. The number of aliphatic carboxylic acids is 1. The normalized spacial score (nSPS) is 22.0. The number of carbonyl (C=O) groups is 2. The third-order valence-corrected chi connectivity index (χ3v) is 5.84. The first kappa shape index (κ1) is 22.6. The van der Waals surface area contributed by atoms with Crippen LogP contribution in [0, 0.1) is 0 Å². The van der Waals surface area contributed by atoms with Gasteiger partial charge in [0.25, 0.3) is 5.91 Å². The van der Waals surface area contributed by atoms with Crippen molar-refractivity contribution in [2.75, 3.05) is 19.7 Å². The number of hydrogen-bond donors (Lipinski definition) is 2. The van der Waals surface area contributed by atoms with Gasteiger partial charge in [0.1, 0.15) is 0 Å². The highest BCUT2D eigenvalue weighted by atomic mass is 32.1. The van der Waals surface area contributed by atoms with E-state index < -0.39 is 12.1 Å². The van der Waals surface area contributed by atoms with E-state index in [4.69, 9.17) is 14.6 Å². The van der Waals surface area contributed by atoms with E-state index in [0.717, 1.165) is 37.2 Å². The molecule has 1 aromatic heterocycles. The van der Waals surface area contributed by atoms with Gasteiger partial charge in [-0.05, 0) is 44.6 Å². The Bertz CT molecular complexity index is 656. The average molecular weight is 422 g/mol. The van der Waals surface area contributed by atoms with Crippen LogP contribution in [-0.4, -0.2) is 65.4 Å². The van der Waals surface area contributed by atoms with Crippen molar-refractivity contribution in [3.05, 3.63) is 22.4 Å². The maximum absolute atomic E-state index is 12.1. The van der Waals surface area contributed by atoms with Gasteiger partial charge < -0.3 is 20.1 Å². The summed E-state index contributed by atoms with van der Waals surface area (Å²) < 4.78 is 37.8. The number of rotatable bonds is 3. The van der Waals surface area contributed by atoms with Gasteiger partial charge in [-0.25, -0.2) is 4.79 Å².